The van der Waals surface area contributed by atoms with Gasteiger partial charge in [-0.25, -0.2) is 0 Å². The molecular formula is C18H19NS2. The predicted octanol–water partition coefficient (Wildman–Crippen LogP) is 4.95. The van der Waals surface area contributed by atoms with Gasteiger partial charge in [-0.1, -0.05) is 18.2 Å². The van der Waals surface area contributed by atoms with Crippen molar-refractivity contribution < 1.29 is 0 Å². The lowest BCUT2D eigenvalue weighted by atomic mass is 9.81. The fourth-order valence-corrected chi connectivity index (χ4v) is 5.53. The molecule has 1 nitrogen and oxygen atoms in total. The Kier molecular flexibility index (Phi) is 3.57. The van der Waals surface area contributed by atoms with Crippen LogP contribution >= 0.6 is 22.7 Å². The van der Waals surface area contributed by atoms with E-state index in [-0.39, 0.29) is 6.04 Å². The minimum absolute atomic E-state index is 0.233. The number of thiophene rings is 2. The lowest BCUT2D eigenvalue weighted by Gasteiger charge is -2.28. The SMILES string of the molecule is NC(Cc1csc2ccccc12)C1CCCc2sccc21. The molecule has 0 bridgehead atoms. The van der Waals surface area contributed by atoms with Gasteiger partial charge >= 0.3 is 0 Å². The van der Waals surface area contributed by atoms with Crippen molar-refractivity contribution in [2.75, 3.05) is 0 Å². The standard InChI is InChI=1S/C18H19NS2/c19-16(14-5-3-7-18-15(14)8-9-20-18)10-12-11-21-17-6-2-1-4-13(12)17/h1-2,4,6,8-9,11,14,16H,3,5,7,10,19H2. The van der Waals surface area contributed by atoms with Gasteiger partial charge in [-0.15, -0.1) is 22.7 Å². The van der Waals surface area contributed by atoms with Crippen molar-refractivity contribution in [3.8, 4) is 0 Å². The van der Waals surface area contributed by atoms with Crippen molar-refractivity contribution in [1.82, 2.24) is 0 Å². The van der Waals surface area contributed by atoms with Crippen molar-refractivity contribution in [3.05, 3.63) is 57.1 Å². The molecule has 0 saturated heterocycles. The van der Waals surface area contributed by atoms with Crippen molar-refractivity contribution >= 4 is 32.8 Å². The number of hydrogen-bond donors (Lipinski definition) is 1. The van der Waals surface area contributed by atoms with Crippen LogP contribution in [0, 0.1) is 0 Å². The molecule has 0 fully saturated rings. The predicted molar refractivity (Wildman–Crippen MR) is 93.5 cm³/mol. The molecule has 0 amide bonds. The first-order valence-electron chi connectivity index (χ1n) is 7.60. The average Bonchev–Trinajstić information content (AvgIpc) is 3.14. The van der Waals surface area contributed by atoms with Crippen LogP contribution < -0.4 is 5.73 Å². The summed E-state index contributed by atoms with van der Waals surface area (Å²) in [4.78, 5) is 1.57. The van der Waals surface area contributed by atoms with Gasteiger partial charge in [0.15, 0.2) is 0 Å². The molecule has 2 atom stereocenters. The molecule has 0 saturated carbocycles. The van der Waals surface area contributed by atoms with Crippen LogP contribution in [0.5, 0.6) is 0 Å². The molecule has 2 unspecified atom stereocenters. The summed E-state index contributed by atoms with van der Waals surface area (Å²) in [6.07, 6.45) is 4.77. The quantitative estimate of drug-likeness (QED) is 0.727. The van der Waals surface area contributed by atoms with Crippen LogP contribution in [-0.2, 0) is 12.8 Å². The van der Waals surface area contributed by atoms with E-state index in [1.54, 1.807) is 4.88 Å². The van der Waals surface area contributed by atoms with E-state index in [2.05, 4.69) is 41.1 Å². The Labute approximate surface area is 133 Å². The van der Waals surface area contributed by atoms with Crippen LogP contribution in [-0.4, -0.2) is 6.04 Å². The Morgan fingerprint density at radius 1 is 1.19 bits per heavy atom. The molecule has 2 N–H and O–H groups in total. The number of fused-ring (bicyclic) bond motifs is 2. The molecule has 0 aliphatic heterocycles. The summed E-state index contributed by atoms with van der Waals surface area (Å²) < 4.78 is 1.37. The van der Waals surface area contributed by atoms with Crippen LogP contribution in [0.2, 0.25) is 0 Å². The number of nitrogens with two attached hydrogens (primary N) is 1. The van der Waals surface area contributed by atoms with Crippen molar-refractivity contribution in [3.63, 3.8) is 0 Å². The van der Waals surface area contributed by atoms with Gasteiger partial charge in [0.25, 0.3) is 0 Å². The second-order valence-corrected chi connectivity index (χ2v) is 7.83. The highest BCUT2D eigenvalue weighted by atomic mass is 32.1. The Hall–Kier alpha value is -1.16. The highest BCUT2D eigenvalue weighted by Gasteiger charge is 2.27. The molecular weight excluding hydrogens is 294 g/mol. The topological polar surface area (TPSA) is 26.0 Å². The first-order chi connectivity index (χ1) is 10.3. The maximum atomic E-state index is 6.61. The Morgan fingerprint density at radius 3 is 3.05 bits per heavy atom. The fourth-order valence-electron chi connectivity index (χ4n) is 3.55. The summed E-state index contributed by atoms with van der Waals surface area (Å²) in [5.74, 6) is 0.540. The monoisotopic (exact) mass is 313 g/mol. The van der Waals surface area contributed by atoms with Gasteiger partial charge in [0, 0.05) is 21.5 Å². The zero-order valence-corrected chi connectivity index (χ0v) is 13.6. The normalized spacial score (nSPS) is 19.6. The summed E-state index contributed by atoms with van der Waals surface area (Å²) in [6, 6.07) is 11.2. The van der Waals surface area contributed by atoms with Gasteiger partial charge < -0.3 is 5.73 Å². The highest BCUT2D eigenvalue weighted by molar-refractivity contribution is 7.17. The Balaban J connectivity index is 1.61. The first kappa shape index (κ1) is 13.5. The van der Waals surface area contributed by atoms with E-state index in [1.165, 1.54) is 40.5 Å². The van der Waals surface area contributed by atoms with E-state index in [4.69, 9.17) is 5.73 Å². The zero-order valence-electron chi connectivity index (χ0n) is 11.9. The van der Waals surface area contributed by atoms with Crippen molar-refractivity contribution in [1.29, 1.82) is 0 Å². The zero-order chi connectivity index (χ0) is 14.2. The molecule has 108 valence electrons. The Morgan fingerprint density at radius 2 is 2.10 bits per heavy atom. The molecule has 0 spiro atoms. The number of hydrogen-bond acceptors (Lipinski definition) is 3. The molecule has 21 heavy (non-hydrogen) atoms. The molecule has 1 aliphatic carbocycles. The molecule has 0 radical (unpaired) electrons. The van der Waals surface area contributed by atoms with Gasteiger partial charge in [-0.3, -0.25) is 0 Å². The summed E-state index contributed by atoms with van der Waals surface area (Å²) in [5.41, 5.74) is 9.56. The molecule has 4 rings (SSSR count). The van der Waals surface area contributed by atoms with Crippen LogP contribution in [0.25, 0.3) is 10.1 Å². The molecule has 3 heteroatoms. The first-order valence-corrected chi connectivity index (χ1v) is 9.36. The van der Waals surface area contributed by atoms with Gasteiger partial charge in [0.1, 0.15) is 0 Å². The second kappa shape index (κ2) is 5.56. The van der Waals surface area contributed by atoms with E-state index in [9.17, 15) is 0 Å². The lowest BCUT2D eigenvalue weighted by molar-refractivity contribution is 0.465. The highest BCUT2D eigenvalue weighted by Crippen LogP contribution is 2.38. The van der Waals surface area contributed by atoms with Crippen LogP contribution in [0.15, 0.2) is 41.1 Å². The molecule has 1 aliphatic rings. The van der Waals surface area contributed by atoms with Gasteiger partial charge in [-0.2, -0.15) is 0 Å². The van der Waals surface area contributed by atoms with E-state index < -0.39 is 0 Å². The minimum atomic E-state index is 0.233. The number of benzene rings is 1. The largest absolute Gasteiger partial charge is 0.327 e. The summed E-state index contributed by atoms with van der Waals surface area (Å²) in [7, 11) is 0. The maximum Gasteiger partial charge on any atom is 0.0345 e. The summed E-state index contributed by atoms with van der Waals surface area (Å²) >= 11 is 3.74. The van der Waals surface area contributed by atoms with Crippen LogP contribution in [0.1, 0.15) is 34.8 Å². The lowest BCUT2D eigenvalue weighted by Crippen LogP contribution is -2.32. The fraction of sp³-hybridized carbons (Fsp3) is 0.333. The molecule has 1 aromatic carbocycles. The average molecular weight is 313 g/mol. The third-order valence-corrected chi connectivity index (χ3v) is 6.64. The smallest absolute Gasteiger partial charge is 0.0345 e. The van der Waals surface area contributed by atoms with Crippen molar-refractivity contribution in [2.45, 2.75) is 37.6 Å². The van der Waals surface area contributed by atoms with Crippen molar-refractivity contribution in [2.24, 2.45) is 5.73 Å². The van der Waals surface area contributed by atoms with Crippen LogP contribution in [0.3, 0.4) is 0 Å². The van der Waals surface area contributed by atoms with Gasteiger partial charge in [-0.05, 0) is 65.1 Å². The third kappa shape index (κ3) is 2.44. The molecule has 2 aromatic heterocycles. The number of rotatable bonds is 3. The maximum absolute atomic E-state index is 6.61. The number of aryl methyl sites for hydroxylation is 1. The van der Waals surface area contributed by atoms with E-state index in [1.807, 2.05) is 22.7 Å². The molecule has 3 aromatic rings. The third-order valence-electron chi connectivity index (χ3n) is 4.63. The summed E-state index contributed by atoms with van der Waals surface area (Å²) in [5, 5.41) is 5.91. The minimum Gasteiger partial charge on any atom is -0.327 e. The summed E-state index contributed by atoms with van der Waals surface area (Å²) in [6.45, 7) is 0. The van der Waals surface area contributed by atoms with E-state index in [0.29, 0.717) is 5.92 Å². The van der Waals surface area contributed by atoms with E-state index in [0.717, 1.165) is 6.42 Å². The van der Waals surface area contributed by atoms with Gasteiger partial charge in [0.05, 0.1) is 0 Å². The van der Waals surface area contributed by atoms with Gasteiger partial charge in [0.2, 0.25) is 0 Å². The second-order valence-electron chi connectivity index (χ2n) is 5.92. The Bertz CT molecular complexity index is 755. The van der Waals surface area contributed by atoms with Crippen LogP contribution in [0.4, 0.5) is 0 Å². The van der Waals surface area contributed by atoms with E-state index >= 15 is 0 Å². The molecule has 2 heterocycles.